The molecule has 8 heteroatoms. The third-order valence-corrected chi connectivity index (χ3v) is 4.30. The third kappa shape index (κ3) is 3.87. The summed E-state index contributed by atoms with van der Waals surface area (Å²) in [6.07, 6.45) is -1.10. The van der Waals surface area contributed by atoms with Crippen LogP contribution in [0.15, 0.2) is 0 Å². The predicted octanol–water partition coefficient (Wildman–Crippen LogP) is 0.785. The summed E-state index contributed by atoms with van der Waals surface area (Å²) in [5.74, 6) is -1.70. The Balaban J connectivity index is 1.94. The van der Waals surface area contributed by atoms with Gasteiger partial charge in [-0.1, -0.05) is 12.8 Å². The molecule has 2 amide bonds. The van der Waals surface area contributed by atoms with E-state index in [0.717, 1.165) is 25.7 Å². The van der Waals surface area contributed by atoms with E-state index in [9.17, 15) is 22.8 Å². The number of halogens is 3. The lowest BCUT2D eigenvalue weighted by atomic mass is 9.96. The molecular formula is C13H20F3N3O2. The number of hydrogen-bond donors (Lipinski definition) is 2. The van der Waals surface area contributed by atoms with Crippen molar-refractivity contribution >= 4 is 11.8 Å². The van der Waals surface area contributed by atoms with Gasteiger partial charge in [0.2, 0.25) is 11.8 Å². The quantitative estimate of drug-likeness (QED) is 0.806. The number of nitrogens with two attached hydrogens (primary N) is 1. The molecule has 21 heavy (non-hydrogen) atoms. The lowest BCUT2D eigenvalue weighted by Crippen LogP contribution is -2.53. The van der Waals surface area contributed by atoms with E-state index in [1.807, 2.05) is 0 Å². The first-order valence-electron chi connectivity index (χ1n) is 7.11. The molecule has 2 rings (SSSR count). The van der Waals surface area contributed by atoms with Gasteiger partial charge in [0.15, 0.2) is 0 Å². The van der Waals surface area contributed by atoms with Gasteiger partial charge in [0.1, 0.15) is 6.54 Å². The standard InChI is InChI=1S/C13H20F3N3O2/c14-13(15,16)8-19-6-9(5-10(19)20)11(21)18-12(7-17)3-1-2-4-12/h9H,1-8,17H2,(H,18,21). The fourth-order valence-corrected chi connectivity index (χ4v) is 3.11. The number of rotatable bonds is 4. The molecule has 1 unspecified atom stereocenters. The van der Waals surface area contributed by atoms with E-state index in [4.69, 9.17) is 5.73 Å². The summed E-state index contributed by atoms with van der Waals surface area (Å²) >= 11 is 0. The van der Waals surface area contributed by atoms with E-state index in [0.29, 0.717) is 11.4 Å². The highest BCUT2D eigenvalue weighted by molar-refractivity contribution is 5.89. The molecule has 0 bridgehead atoms. The van der Waals surface area contributed by atoms with Gasteiger partial charge in [0, 0.05) is 19.5 Å². The van der Waals surface area contributed by atoms with Gasteiger partial charge in [-0.2, -0.15) is 13.2 Å². The van der Waals surface area contributed by atoms with Gasteiger partial charge in [0.25, 0.3) is 0 Å². The average molecular weight is 307 g/mol. The number of nitrogens with one attached hydrogen (secondary N) is 1. The molecule has 0 aromatic rings. The molecule has 0 spiro atoms. The van der Waals surface area contributed by atoms with Crippen LogP contribution < -0.4 is 11.1 Å². The first-order chi connectivity index (χ1) is 9.75. The molecule has 3 N–H and O–H groups in total. The molecule has 2 fully saturated rings. The SMILES string of the molecule is NCC1(NC(=O)C2CC(=O)N(CC(F)(F)F)C2)CCCC1. The summed E-state index contributed by atoms with van der Waals surface area (Å²) in [6, 6.07) is 0. The van der Waals surface area contributed by atoms with Gasteiger partial charge >= 0.3 is 6.18 Å². The molecule has 1 saturated heterocycles. The molecule has 1 aliphatic carbocycles. The van der Waals surface area contributed by atoms with E-state index >= 15 is 0 Å². The van der Waals surface area contributed by atoms with Gasteiger partial charge in [-0.15, -0.1) is 0 Å². The van der Waals surface area contributed by atoms with Crippen LogP contribution >= 0.6 is 0 Å². The van der Waals surface area contributed by atoms with Crippen molar-refractivity contribution in [3.63, 3.8) is 0 Å². The maximum Gasteiger partial charge on any atom is 0.406 e. The van der Waals surface area contributed by atoms with Crippen molar-refractivity contribution in [1.82, 2.24) is 10.2 Å². The predicted molar refractivity (Wildman–Crippen MR) is 69.1 cm³/mol. The zero-order valence-corrected chi connectivity index (χ0v) is 11.7. The largest absolute Gasteiger partial charge is 0.406 e. The summed E-state index contributed by atoms with van der Waals surface area (Å²) in [5, 5.41) is 2.86. The third-order valence-electron chi connectivity index (χ3n) is 4.30. The molecule has 0 aromatic heterocycles. The maximum atomic E-state index is 12.3. The van der Waals surface area contributed by atoms with E-state index in [1.165, 1.54) is 0 Å². The molecule has 1 saturated carbocycles. The number of nitrogens with zero attached hydrogens (tertiary/aromatic N) is 1. The number of amides is 2. The Morgan fingerprint density at radius 2 is 2.00 bits per heavy atom. The van der Waals surface area contributed by atoms with Crippen LogP contribution in [-0.2, 0) is 9.59 Å². The number of carbonyl (C=O) groups excluding carboxylic acids is 2. The summed E-state index contributed by atoms with van der Waals surface area (Å²) in [4.78, 5) is 24.5. The van der Waals surface area contributed by atoms with Gasteiger partial charge in [0.05, 0.1) is 11.5 Å². The van der Waals surface area contributed by atoms with E-state index in [2.05, 4.69) is 5.32 Å². The molecule has 1 atom stereocenters. The van der Waals surface area contributed by atoms with E-state index in [-0.39, 0.29) is 18.9 Å². The lowest BCUT2D eigenvalue weighted by molar-refractivity contribution is -0.157. The van der Waals surface area contributed by atoms with Crippen LogP contribution in [0.4, 0.5) is 13.2 Å². The first-order valence-corrected chi connectivity index (χ1v) is 7.11. The van der Waals surface area contributed by atoms with Crippen LogP contribution in [0.3, 0.4) is 0 Å². The number of alkyl halides is 3. The van der Waals surface area contributed by atoms with Crippen molar-refractivity contribution in [3.05, 3.63) is 0 Å². The molecule has 2 aliphatic rings. The van der Waals surface area contributed by atoms with Crippen molar-refractivity contribution < 1.29 is 22.8 Å². The zero-order valence-electron chi connectivity index (χ0n) is 11.7. The fraction of sp³-hybridized carbons (Fsp3) is 0.846. The minimum atomic E-state index is -4.44. The Labute approximate surface area is 121 Å². The first kappa shape index (κ1) is 16.1. The minimum Gasteiger partial charge on any atom is -0.349 e. The lowest BCUT2D eigenvalue weighted by Gasteiger charge is -2.30. The van der Waals surface area contributed by atoms with Crippen molar-refractivity contribution in [2.45, 2.75) is 43.8 Å². The smallest absolute Gasteiger partial charge is 0.349 e. The van der Waals surface area contributed by atoms with Crippen LogP contribution in [0, 0.1) is 5.92 Å². The second kappa shape index (κ2) is 5.82. The molecular weight excluding hydrogens is 287 g/mol. The van der Waals surface area contributed by atoms with Gasteiger partial charge < -0.3 is 16.0 Å². The minimum absolute atomic E-state index is 0.164. The monoisotopic (exact) mass is 307 g/mol. The topological polar surface area (TPSA) is 75.4 Å². The highest BCUT2D eigenvalue weighted by atomic mass is 19.4. The Morgan fingerprint density at radius 3 is 2.52 bits per heavy atom. The van der Waals surface area contributed by atoms with Gasteiger partial charge in [-0.3, -0.25) is 9.59 Å². The van der Waals surface area contributed by atoms with Crippen LogP contribution in [0.2, 0.25) is 0 Å². The van der Waals surface area contributed by atoms with Crippen molar-refractivity contribution in [1.29, 1.82) is 0 Å². The Morgan fingerprint density at radius 1 is 1.38 bits per heavy atom. The summed E-state index contributed by atoms with van der Waals surface area (Å²) in [7, 11) is 0. The second-order valence-electron chi connectivity index (χ2n) is 5.97. The Kier molecular flexibility index (Phi) is 4.46. The number of hydrogen-bond acceptors (Lipinski definition) is 3. The van der Waals surface area contributed by atoms with Crippen LogP contribution in [0.5, 0.6) is 0 Å². The zero-order chi connectivity index (χ0) is 15.7. The second-order valence-corrected chi connectivity index (χ2v) is 5.97. The molecule has 1 heterocycles. The number of carbonyl (C=O) groups is 2. The molecule has 0 radical (unpaired) electrons. The van der Waals surface area contributed by atoms with Crippen molar-refractivity contribution in [2.75, 3.05) is 19.6 Å². The highest BCUT2D eigenvalue weighted by Crippen LogP contribution is 2.30. The fourth-order valence-electron chi connectivity index (χ4n) is 3.11. The Bertz CT molecular complexity index is 419. The molecule has 5 nitrogen and oxygen atoms in total. The summed E-state index contributed by atoms with van der Waals surface area (Å²) in [5.41, 5.74) is 5.27. The van der Waals surface area contributed by atoms with Crippen LogP contribution in [0.25, 0.3) is 0 Å². The highest BCUT2D eigenvalue weighted by Gasteiger charge is 2.42. The van der Waals surface area contributed by atoms with Gasteiger partial charge in [-0.25, -0.2) is 0 Å². The van der Waals surface area contributed by atoms with Crippen molar-refractivity contribution in [2.24, 2.45) is 11.7 Å². The average Bonchev–Trinajstić information content (AvgIpc) is 2.96. The molecule has 1 aliphatic heterocycles. The van der Waals surface area contributed by atoms with Crippen molar-refractivity contribution in [3.8, 4) is 0 Å². The van der Waals surface area contributed by atoms with Crippen LogP contribution in [0.1, 0.15) is 32.1 Å². The number of likely N-dealkylation sites (tertiary alicyclic amines) is 1. The molecule has 120 valence electrons. The summed E-state index contributed by atoms with van der Waals surface area (Å²) in [6.45, 7) is -1.16. The van der Waals surface area contributed by atoms with Gasteiger partial charge in [-0.05, 0) is 12.8 Å². The van der Waals surface area contributed by atoms with Crippen LogP contribution in [-0.4, -0.2) is 48.1 Å². The van der Waals surface area contributed by atoms with E-state index in [1.54, 1.807) is 0 Å². The maximum absolute atomic E-state index is 12.3. The Hall–Kier alpha value is -1.31. The normalized spacial score (nSPS) is 25.4. The molecule has 0 aromatic carbocycles. The summed E-state index contributed by atoms with van der Waals surface area (Å²) < 4.78 is 37.0. The van der Waals surface area contributed by atoms with E-state index < -0.39 is 30.1 Å².